The van der Waals surface area contributed by atoms with Crippen LogP contribution in [0.5, 0.6) is 0 Å². The minimum atomic E-state index is -1.21. The van der Waals surface area contributed by atoms with Crippen molar-refractivity contribution in [2.75, 3.05) is 13.2 Å². The quantitative estimate of drug-likeness (QED) is 0.581. The minimum Gasteiger partial charge on any atom is -0.343 e. The number of aliphatic hydroxyl groups is 1. The number of ether oxygens (including phenoxy) is 2. The van der Waals surface area contributed by atoms with E-state index in [1.807, 2.05) is 0 Å². The van der Waals surface area contributed by atoms with E-state index in [2.05, 4.69) is 0 Å². The van der Waals surface area contributed by atoms with Crippen molar-refractivity contribution in [2.24, 2.45) is 5.92 Å². The maximum absolute atomic E-state index is 9.57. The fraction of sp³-hybridized carbons (Fsp3) is 1.00. The zero-order valence-corrected chi connectivity index (χ0v) is 5.88. The fourth-order valence-electron chi connectivity index (χ4n) is 1.43. The topological polar surface area (TPSA) is 38.7 Å². The standard InChI is InChI=1S/C7H12O3/c8-7(6-2-1-3-6)9-4-5-10-7/h6,8H,1-5H2. The van der Waals surface area contributed by atoms with Crippen LogP contribution in [0.1, 0.15) is 19.3 Å². The molecular formula is C7H12O3. The highest BCUT2D eigenvalue weighted by molar-refractivity contribution is 4.79. The average molecular weight is 144 g/mol. The van der Waals surface area contributed by atoms with Gasteiger partial charge >= 0.3 is 0 Å². The summed E-state index contributed by atoms with van der Waals surface area (Å²) in [6.07, 6.45) is 3.27. The second kappa shape index (κ2) is 2.19. The molecular weight excluding hydrogens is 132 g/mol. The van der Waals surface area contributed by atoms with Crippen LogP contribution in [0.3, 0.4) is 0 Å². The van der Waals surface area contributed by atoms with Crippen LogP contribution < -0.4 is 0 Å². The SMILES string of the molecule is OC1(C2CCC2)OCCO1. The smallest absolute Gasteiger partial charge is 0.283 e. The fourth-order valence-corrected chi connectivity index (χ4v) is 1.43. The van der Waals surface area contributed by atoms with Crippen LogP contribution in [0, 0.1) is 5.92 Å². The summed E-state index contributed by atoms with van der Waals surface area (Å²) in [7, 11) is 0. The van der Waals surface area contributed by atoms with E-state index in [1.54, 1.807) is 0 Å². The Morgan fingerprint density at radius 1 is 1.20 bits per heavy atom. The Morgan fingerprint density at radius 2 is 1.80 bits per heavy atom. The molecule has 0 aromatic heterocycles. The van der Waals surface area contributed by atoms with Gasteiger partial charge in [-0.05, 0) is 12.8 Å². The van der Waals surface area contributed by atoms with Crippen molar-refractivity contribution in [3.05, 3.63) is 0 Å². The summed E-state index contributed by atoms with van der Waals surface area (Å²) < 4.78 is 10.2. The Bertz CT molecular complexity index is 125. The third kappa shape index (κ3) is 0.856. The molecule has 0 bridgehead atoms. The van der Waals surface area contributed by atoms with Crippen LogP contribution in [0.25, 0.3) is 0 Å². The second-order valence-corrected chi connectivity index (χ2v) is 2.96. The Balaban J connectivity index is 1.98. The van der Waals surface area contributed by atoms with Crippen LogP contribution in [-0.4, -0.2) is 24.3 Å². The minimum absolute atomic E-state index is 0.231. The van der Waals surface area contributed by atoms with Crippen LogP contribution in [0.4, 0.5) is 0 Å². The van der Waals surface area contributed by atoms with Crippen molar-refractivity contribution in [1.29, 1.82) is 0 Å². The van der Waals surface area contributed by atoms with Gasteiger partial charge in [0, 0.05) is 5.92 Å². The van der Waals surface area contributed by atoms with Crippen molar-refractivity contribution < 1.29 is 14.6 Å². The van der Waals surface area contributed by atoms with Gasteiger partial charge in [0.1, 0.15) is 0 Å². The third-order valence-corrected chi connectivity index (χ3v) is 2.32. The van der Waals surface area contributed by atoms with Gasteiger partial charge in [-0.3, -0.25) is 0 Å². The van der Waals surface area contributed by atoms with Crippen molar-refractivity contribution in [2.45, 2.75) is 25.2 Å². The third-order valence-electron chi connectivity index (χ3n) is 2.32. The second-order valence-electron chi connectivity index (χ2n) is 2.96. The Morgan fingerprint density at radius 3 is 2.20 bits per heavy atom. The zero-order valence-electron chi connectivity index (χ0n) is 5.88. The first-order valence-electron chi connectivity index (χ1n) is 3.81. The van der Waals surface area contributed by atoms with E-state index in [0.29, 0.717) is 13.2 Å². The first-order valence-corrected chi connectivity index (χ1v) is 3.81. The van der Waals surface area contributed by atoms with Gasteiger partial charge in [-0.25, -0.2) is 0 Å². The van der Waals surface area contributed by atoms with Gasteiger partial charge < -0.3 is 14.6 Å². The first kappa shape index (κ1) is 6.58. The Kier molecular flexibility index (Phi) is 1.44. The van der Waals surface area contributed by atoms with Crippen LogP contribution in [0.2, 0.25) is 0 Å². The lowest BCUT2D eigenvalue weighted by Crippen LogP contribution is -2.42. The molecule has 1 aliphatic carbocycles. The predicted octanol–water partition coefficient (Wildman–Crippen LogP) is 0.479. The average Bonchev–Trinajstić information content (AvgIpc) is 2.09. The molecule has 1 saturated heterocycles. The van der Waals surface area contributed by atoms with Crippen LogP contribution in [-0.2, 0) is 9.47 Å². The summed E-state index contributed by atoms with van der Waals surface area (Å²) in [5, 5.41) is 9.57. The van der Waals surface area contributed by atoms with Crippen LogP contribution in [0.15, 0.2) is 0 Å². The van der Waals surface area contributed by atoms with E-state index < -0.39 is 5.97 Å². The molecule has 3 heteroatoms. The van der Waals surface area contributed by atoms with E-state index >= 15 is 0 Å². The Labute approximate surface area is 59.9 Å². The van der Waals surface area contributed by atoms with E-state index in [0.717, 1.165) is 12.8 Å². The molecule has 0 atom stereocenters. The summed E-state index contributed by atoms with van der Waals surface area (Å²) in [4.78, 5) is 0. The summed E-state index contributed by atoms with van der Waals surface area (Å²) >= 11 is 0. The predicted molar refractivity (Wildman–Crippen MR) is 34.2 cm³/mol. The lowest BCUT2D eigenvalue weighted by atomic mass is 9.83. The lowest BCUT2D eigenvalue weighted by Gasteiger charge is -2.35. The summed E-state index contributed by atoms with van der Waals surface area (Å²) in [6, 6.07) is 0. The van der Waals surface area contributed by atoms with Crippen molar-refractivity contribution in [3.8, 4) is 0 Å². The van der Waals surface area contributed by atoms with Gasteiger partial charge in [0.25, 0.3) is 5.97 Å². The first-order chi connectivity index (χ1) is 4.81. The van der Waals surface area contributed by atoms with Crippen molar-refractivity contribution in [3.63, 3.8) is 0 Å². The molecule has 0 radical (unpaired) electrons. The maximum Gasteiger partial charge on any atom is 0.283 e. The summed E-state index contributed by atoms with van der Waals surface area (Å²) in [5.74, 6) is -0.979. The molecule has 1 aliphatic heterocycles. The van der Waals surface area contributed by atoms with Gasteiger partial charge in [-0.2, -0.15) is 0 Å². The number of rotatable bonds is 1. The molecule has 0 aromatic carbocycles. The van der Waals surface area contributed by atoms with Gasteiger partial charge in [-0.15, -0.1) is 0 Å². The molecule has 2 rings (SSSR count). The molecule has 2 aliphatic rings. The van der Waals surface area contributed by atoms with Gasteiger partial charge in [-0.1, -0.05) is 6.42 Å². The molecule has 3 nitrogen and oxygen atoms in total. The molecule has 1 N–H and O–H groups in total. The maximum atomic E-state index is 9.57. The summed E-state index contributed by atoms with van der Waals surface area (Å²) in [5.41, 5.74) is 0. The highest BCUT2D eigenvalue weighted by Gasteiger charge is 2.45. The monoisotopic (exact) mass is 144 g/mol. The van der Waals surface area contributed by atoms with E-state index in [4.69, 9.17) is 9.47 Å². The number of hydrogen-bond acceptors (Lipinski definition) is 3. The van der Waals surface area contributed by atoms with Gasteiger partial charge in [0.15, 0.2) is 0 Å². The van der Waals surface area contributed by atoms with Crippen LogP contribution >= 0.6 is 0 Å². The Hall–Kier alpha value is -0.120. The number of hydrogen-bond donors (Lipinski definition) is 1. The van der Waals surface area contributed by atoms with Crippen molar-refractivity contribution >= 4 is 0 Å². The zero-order chi connectivity index (χ0) is 7.03. The molecule has 0 spiro atoms. The molecule has 1 heterocycles. The highest BCUT2D eigenvalue weighted by atomic mass is 16.8. The molecule has 0 amide bonds. The molecule has 10 heavy (non-hydrogen) atoms. The molecule has 58 valence electrons. The van der Waals surface area contributed by atoms with Gasteiger partial charge in [0.2, 0.25) is 0 Å². The molecule has 0 aromatic rings. The lowest BCUT2D eigenvalue weighted by molar-refractivity contribution is -0.346. The van der Waals surface area contributed by atoms with E-state index in [-0.39, 0.29) is 5.92 Å². The molecule has 0 unspecified atom stereocenters. The molecule has 2 fully saturated rings. The van der Waals surface area contributed by atoms with Crippen molar-refractivity contribution in [1.82, 2.24) is 0 Å². The summed E-state index contributed by atoms with van der Waals surface area (Å²) in [6.45, 7) is 1.07. The molecule has 1 saturated carbocycles. The largest absolute Gasteiger partial charge is 0.343 e. The van der Waals surface area contributed by atoms with E-state index in [1.165, 1.54) is 6.42 Å². The van der Waals surface area contributed by atoms with E-state index in [9.17, 15) is 5.11 Å². The normalized spacial score (nSPS) is 32.1. The van der Waals surface area contributed by atoms with Gasteiger partial charge in [0.05, 0.1) is 13.2 Å². The highest BCUT2D eigenvalue weighted by Crippen LogP contribution is 2.39.